The molecule has 1 aromatic heterocycles. The van der Waals surface area contributed by atoms with Gasteiger partial charge in [-0.3, -0.25) is 9.36 Å². The molecule has 0 bridgehead atoms. The highest BCUT2D eigenvalue weighted by Crippen LogP contribution is 2.16. The Morgan fingerprint density at radius 3 is 2.67 bits per heavy atom. The minimum absolute atomic E-state index is 0.157. The molecule has 1 heterocycles. The van der Waals surface area contributed by atoms with E-state index in [1.54, 1.807) is 4.57 Å². The second-order valence-corrected chi connectivity index (χ2v) is 6.39. The van der Waals surface area contributed by atoms with Gasteiger partial charge in [0.25, 0.3) is 5.56 Å². The van der Waals surface area contributed by atoms with Crippen molar-refractivity contribution in [2.75, 3.05) is 6.54 Å². The smallest absolute Gasteiger partial charge is 0.404 e. The highest BCUT2D eigenvalue weighted by Gasteiger charge is 2.13. The van der Waals surface area contributed by atoms with Gasteiger partial charge in [-0.2, -0.15) is 0 Å². The van der Waals surface area contributed by atoms with Crippen molar-refractivity contribution < 1.29 is 9.90 Å². The minimum Gasteiger partial charge on any atom is -0.465 e. The first-order chi connectivity index (χ1) is 11.6. The maximum absolute atomic E-state index is 13.0. The lowest BCUT2D eigenvalue weighted by atomic mass is 10.2. The fourth-order valence-corrected chi connectivity index (χ4v) is 2.99. The fourth-order valence-electron chi connectivity index (χ4n) is 2.50. The third kappa shape index (κ3) is 3.40. The Bertz CT molecular complexity index is 954. The van der Waals surface area contributed by atoms with Crippen LogP contribution in [0.15, 0.2) is 53.3 Å². The van der Waals surface area contributed by atoms with E-state index in [9.17, 15) is 9.59 Å². The first-order valence-electron chi connectivity index (χ1n) is 7.29. The van der Waals surface area contributed by atoms with E-state index in [1.165, 1.54) is 0 Å². The second-order valence-electron chi connectivity index (χ2n) is 5.15. The third-order valence-corrected chi connectivity index (χ3v) is 4.21. The van der Waals surface area contributed by atoms with Crippen LogP contribution >= 0.6 is 22.6 Å². The largest absolute Gasteiger partial charge is 0.465 e. The zero-order chi connectivity index (χ0) is 17.1. The highest BCUT2D eigenvalue weighted by molar-refractivity contribution is 14.1. The van der Waals surface area contributed by atoms with Gasteiger partial charge in [-0.15, -0.1) is 0 Å². The lowest BCUT2D eigenvalue weighted by Crippen LogP contribution is -2.28. The van der Waals surface area contributed by atoms with Crippen LogP contribution in [0.2, 0.25) is 0 Å². The second kappa shape index (κ2) is 7.00. The van der Waals surface area contributed by atoms with Crippen LogP contribution in [-0.2, 0) is 6.42 Å². The number of hydrogen-bond acceptors (Lipinski definition) is 3. The van der Waals surface area contributed by atoms with Crippen LogP contribution in [0, 0.1) is 3.57 Å². The Kier molecular flexibility index (Phi) is 4.79. The molecule has 0 aliphatic heterocycles. The number of hydrogen-bond donors (Lipinski definition) is 2. The molecule has 7 heteroatoms. The summed E-state index contributed by atoms with van der Waals surface area (Å²) in [7, 11) is 0. The molecule has 0 atom stereocenters. The van der Waals surface area contributed by atoms with Crippen LogP contribution in [0.25, 0.3) is 16.6 Å². The number of carbonyl (C=O) groups is 1. The number of nitrogens with one attached hydrogen (secondary N) is 1. The molecule has 122 valence electrons. The molecule has 24 heavy (non-hydrogen) atoms. The Balaban J connectivity index is 2.18. The molecular formula is C17H14IN3O3. The van der Waals surface area contributed by atoms with Gasteiger partial charge in [0.05, 0.1) is 16.6 Å². The number of nitrogens with zero attached hydrogens (tertiary/aromatic N) is 2. The van der Waals surface area contributed by atoms with Crippen molar-refractivity contribution >= 4 is 39.6 Å². The zero-order valence-electron chi connectivity index (χ0n) is 12.6. The average Bonchev–Trinajstić information content (AvgIpc) is 2.56. The quantitative estimate of drug-likeness (QED) is 0.618. The molecule has 0 aliphatic rings. The van der Waals surface area contributed by atoms with Gasteiger partial charge >= 0.3 is 6.09 Å². The van der Waals surface area contributed by atoms with Gasteiger partial charge in [0.2, 0.25) is 0 Å². The van der Waals surface area contributed by atoms with Crippen molar-refractivity contribution in [1.82, 2.24) is 14.9 Å². The number of carboxylic acid groups (broad SMARTS) is 1. The summed E-state index contributed by atoms with van der Waals surface area (Å²) in [4.78, 5) is 28.2. The summed E-state index contributed by atoms with van der Waals surface area (Å²) in [5.41, 5.74) is 1.16. The standard InChI is InChI=1S/C17H14IN3O3/c18-11-6-7-14-13(10-11)16(22)21(12-4-2-1-3-5-12)15(20-14)8-9-19-17(23)24/h1-7,10,19H,8-9H2,(H,23,24). The summed E-state index contributed by atoms with van der Waals surface area (Å²) in [5, 5.41) is 11.6. The number of halogens is 1. The van der Waals surface area contributed by atoms with Crippen LogP contribution < -0.4 is 10.9 Å². The molecule has 6 nitrogen and oxygen atoms in total. The summed E-state index contributed by atoms with van der Waals surface area (Å²) < 4.78 is 2.50. The van der Waals surface area contributed by atoms with Gasteiger partial charge in [0.1, 0.15) is 5.82 Å². The predicted molar refractivity (Wildman–Crippen MR) is 99.8 cm³/mol. The van der Waals surface area contributed by atoms with Crippen molar-refractivity contribution in [3.05, 3.63) is 68.3 Å². The molecule has 0 fully saturated rings. The first kappa shape index (κ1) is 16.4. The Morgan fingerprint density at radius 2 is 1.96 bits per heavy atom. The number of amides is 1. The van der Waals surface area contributed by atoms with Gasteiger partial charge in [-0.1, -0.05) is 18.2 Å². The Labute approximate surface area is 151 Å². The first-order valence-corrected chi connectivity index (χ1v) is 8.37. The van der Waals surface area contributed by atoms with Crippen molar-refractivity contribution in [2.24, 2.45) is 0 Å². The number of fused-ring (bicyclic) bond motifs is 1. The molecule has 0 saturated carbocycles. The van der Waals surface area contributed by atoms with Crippen molar-refractivity contribution in [3.63, 3.8) is 0 Å². The minimum atomic E-state index is -1.10. The summed E-state index contributed by atoms with van der Waals surface area (Å²) in [6.45, 7) is 0.185. The van der Waals surface area contributed by atoms with E-state index in [-0.39, 0.29) is 12.1 Å². The molecule has 3 rings (SSSR count). The summed E-state index contributed by atoms with van der Waals surface area (Å²) >= 11 is 2.16. The van der Waals surface area contributed by atoms with Gasteiger partial charge in [0.15, 0.2) is 0 Å². The van der Waals surface area contributed by atoms with Gasteiger partial charge in [-0.25, -0.2) is 9.78 Å². The van der Waals surface area contributed by atoms with Crippen molar-refractivity contribution in [3.8, 4) is 5.69 Å². The van der Waals surface area contributed by atoms with E-state index in [4.69, 9.17) is 5.11 Å². The molecule has 0 unspecified atom stereocenters. The van der Waals surface area contributed by atoms with Crippen LogP contribution in [0.5, 0.6) is 0 Å². The topological polar surface area (TPSA) is 84.2 Å². The molecule has 2 N–H and O–H groups in total. The van der Waals surface area contributed by atoms with E-state index >= 15 is 0 Å². The SMILES string of the molecule is O=C(O)NCCc1nc2ccc(I)cc2c(=O)n1-c1ccccc1. The molecule has 0 radical (unpaired) electrons. The maximum Gasteiger partial charge on any atom is 0.404 e. The van der Waals surface area contributed by atoms with Crippen LogP contribution in [0.1, 0.15) is 5.82 Å². The Hall–Kier alpha value is -2.42. The fraction of sp³-hybridized carbons (Fsp3) is 0.118. The molecule has 0 spiro atoms. The van der Waals surface area contributed by atoms with Crippen molar-refractivity contribution in [2.45, 2.75) is 6.42 Å². The molecule has 0 aliphatic carbocycles. The average molecular weight is 435 g/mol. The summed E-state index contributed by atoms with van der Waals surface area (Å²) in [6, 6.07) is 14.7. The predicted octanol–water partition coefficient (Wildman–Crippen LogP) is 2.80. The third-order valence-electron chi connectivity index (χ3n) is 3.54. The monoisotopic (exact) mass is 435 g/mol. The lowest BCUT2D eigenvalue weighted by Gasteiger charge is -2.13. The molecular weight excluding hydrogens is 421 g/mol. The number of para-hydroxylation sites is 1. The number of aromatic nitrogens is 2. The molecule has 1 amide bonds. The molecule has 3 aromatic rings. The molecule has 2 aromatic carbocycles. The normalized spacial score (nSPS) is 10.7. The van der Waals surface area contributed by atoms with E-state index in [2.05, 4.69) is 32.9 Å². The van der Waals surface area contributed by atoms with E-state index < -0.39 is 6.09 Å². The summed E-state index contributed by atoms with van der Waals surface area (Å²) in [6.07, 6.45) is -0.780. The van der Waals surface area contributed by atoms with Crippen molar-refractivity contribution in [1.29, 1.82) is 0 Å². The number of benzene rings is 2. The van der Waals surface area contributed by atoms with Gasteiger partial charge in [-0.05, 0) is 52.9 Å². The van der Waals surface area contributed by atoms with Crippen LogP contribution in [0.4, 0.5) is 4.79 Å². The summed E-state index contributed by atoms with van der Waals surface area (Å²) in [5.74, 6) is 0.522. The Morgan fingerprint density at radius 1 is 1.21 bits per heavy atom. The van der Waals surface area contributed by atoms with E-state index in [0.29, 0.717) is 28.8 Å². The van der Waals surface area contributed by atoms with E-state index in [1.807, 2.05) is 48.5 Å². The van der Waals surface area contributed by atoms with Gasteiger partial charge < -0.3 is 10.4 Å². The van der Waals surface area contributed by atoms with Crippen LogP contribution in [-0.4, -0.2) is 27.3 Å². The zero-order valence-corrected chi connectivity index (χ0v) is 14.7. The van der Waals surface area contributed by atoms with Gasteiger partial charge in [0, 0.05) is 16.5 Å². The maximum atomic E-state index is 13.0. The molecule has 0 saturated heterocycles. The number of rotatable bonds is 4. The van der Waals surface area contributed by atoms with E-state index in [0.717, 1.165) is 3.57 Å². The lowest BCUT2D eigenvalue weighted by molar-refractivity contribution is 0.194. The highest BCUT2D eigenvalue weighted by atomic mass is 127. The van der Waals surface area contributed by atoms with Crippen LogP contribution in [0.3, 0.4) is 0 Å².